The summed E-state index contributed by atoms with van der Waals surface area (Å²) in [5.74, 6) is -0.358. The maximum atomic E-state index is 13.5. The lowest BCUT2D eigenvalue weighted by atomic mass is 9.86. The second kappa shape index (κ2) is 8.42. The zero-order chi connectivity index (χ0) is 20.3. The number of carbonyl (C=O) groups is 2. The van der Waals surface area contributed by atoms with Crippen LogP contribution in [0.25, 0.3) is 0 Å². The number of benzene rings is 2. The van der Waals surface area contributed by atoms with E-state index < -0.39 is 6.04 Å². The van der Waals surface area contributed by atoms with Crippen molar-refractivity contribution in [3.05, 3.63) is 65.5 Å². The second-order valence-electron chi connectivity index (χ2n) is 7.27. The zero-order valence-electron chi connectivity index (χ0n) is 16.3. The van der Waals surface area contributed by atoms with E-state index in [1.54, 1.807) is 24.1 Å². The molecule has 3 rings (SSSR count). The first-order valence-corrected chi connectivity index (χ1v) is 9.40. The lowest BCUT2D eigenvalue weighted by Crippen LogP contribution is -2.53. The molecular weight excluding hydrogens is 359 g/mol. The van der Waals surface area contributed by atoms with Gasteiger partial charge in [-0.25, -0.2) is 4.39 Å². The highest BCUT2D eigenvalue weighted by Crippen LogP contribution is 2.33. The molecule has 0 radical (unpaired) electrons. The van der Waals surface area contributed by atoms with Crippen LogP contribution in [0, 0.1) is 11.7 Å². The minimum atomic E-state index is -0.763. The minimum Gasteiger partial charge on any atom is -0.497 e. The van der Waals surface area contributed by atoms with E-state index in [1.165, 1.54) is 12.1 Å². The number of ether oxygens (including phenoxy) is 1. The summed E-state index contributed by atoms with van der Waals surface area (Å²) in [5.41, 5.74) is 1.48. The summed E-state index contributed by atoms with van der Waals surface area (Å²) >= 11 is 0. The number of nitrogens with one attached hydrogen (secondary N) is 1. The third-order valence-electron chi connectivity index (χ3n) is 5.09. The summed E-state index contributed by atoms with van der Waals surface area (Å²) < 4.78 is 18.5. The van der Waals surface area contributed by atoms with Gasteiger partial charge in [0.1, 0.15) is 17.6 Å². The lowest BCUT2D eigenvalue weighted by molar-refractivity contribution is -0.145. The summed E-state index contributed by atoms with van der Waals surface area (Å²) in [6.07, 6.45) is 0. The molecule has 2 unspecified atom stereocenters. The largest absolute Gasteiger partial charge is 0.497 e. The summed E-state index contributed by atoms with van der Waals surface area (Å²) in [6, 6.07) is 12.4. The third-order valence-corrected chi connectivity index (χ3v) is 5.09. The molecule has 1 fully saturated rings. The molecule has 0 saturated carbocycles. The Bertz CT molecular complexity index is 834. The third kappa shape index (κ3) is 4.01. The number of methoxy groups -OCH3 is 1. The van der Waals surface area contributed by atoms with Crippen LogP contribution in [0.1, 0.15) is 36.9 Å². The van der Waals surface area contributed by atoms with Crippen molar-refractivity contribution in [2.75, 3.05) is 20.2 Å². The first-order chi connectivity index (χ1) is 13.4. The topological polar surface area (TPSA) is 58.6 Å². The molecule has 0 aliphatic carbocycles. The molecule has 1 heterocycles. The standard InChI is InChI=1S/C22H25FN2O3/c1-14(2)19(15-6-10-18(28-3)11-7-15)22(27)25-13-12-24-21(26)20(25)16-4-8-17(23)9-5-16/h4-11,14,19-20H,12-13H2,1-3H3,(H,24,26). The van der Waals surface area contributed by atoms with Crippen molar-refractivity contribution in [2.45, 2.75) is 25.8 Å². The van der Waals surface area contributed by atoms with E-state index in [4.69, 9.17) is 4.74 Å². The summed E-state index contributed by atoms with van der Waals surface area (Å²) in [7, 11) is 1.60. The molecule has 1 N–H and O–H groups in total. The maximum absolute atomic E-state index is 13.5. The fourth-order valence-corrected chi connectivity index (χ4v) is 3.68. The number of piperazine rings is 1. The van der Waals surface area contributed by atoms with Gasteiger partial charge in [0.15, 0.2) is 0 Å². The quantitative estimate of drug-likeness (QED) is 0.861. The first kappa shape index (κ1) is 19.9. The highest BCUT2D eigenvalue weighted by Gasteiger charge is 2.38. The smallest absolute Gasteiger partial charge is 0.247 e. The predicted octanol–water partition coefficient (Wildman–Crippen LogP) is 3.27. The summed E-state index contributed by atoms with van der Waals surface area (Å²) in [6.45, 7) is 4.79. The predicted molar refractivity (Wildman–Crippen MR) is 104 cm³/mol. The zero-order valence-corrected chi connectivity index (χ0v) is 16.3. The molecule has 2 aromatic rings. The molecule has 28 heavy (non-hydrogen) atoms. The molecule has 2 atom stereocenters. The molecule has 0 aromatic heterocycles. The van der Waals surface area contributed by atoms with Gasteiger partial charge >= 0.3 is 0 Å². The highest BCUT2D eigenvalue weighted by atomic mass is 19.1. The molecule has 1 saturated heterocycles. The van der Waals surface area contributed by atoms with Crippen LogP contribution in [0.2, 0.25) is 0 Å². The highest BCUT2D eigenvalue weighted by molar-refractivity contribution is 5.92. The number of nitrogens with zero attached hydrogens (tertiary/aromatic N) is 1. The summed E-state index contributed by atoms with van der Waals surface area (Å²) in [4.78, 5) is 27.7. The fraction of sp³-hybridized carbons (Fsp3) is 0.364. The van der Waals surface area contributed by atoms with E-state index in [0.717, 1.165) is 11.3 Å². The Hall–Kier alpha value is -2.89. The van der Waals surface area contributed by atoms with Crippen LogP contribution >= 0.6 is 0 Å². The number of hydrogen-bond acceptors (Lipinski definition) is 3. The van der Waals surface area contributed by atoms with E-state index in [9.17, 15) is 14.0 Å². The molecule has 2 aromatic carbocycles. The van der Waals surface area contributed by atoms with Crippen molar-refractivity contribution in [1.29, 1.82) is 0 Å². The van der Waals surface area contributed by atoms with E-state index in [2.05, 4.69) is 5.32 Å². The Labute approximate surface area is 164 Å². The van der Waals surface area contributed by atoms with Crippen molar-refractivity contribution in [3.8, 4) is 5.75 Å². The Kier molecular flexibility index (Phi) is 5.97. The van der Waals surface area contributed by atoms with Gasteiger partial charge in [0.05, 0.1) is 13.0 Å². The molecule has 2 amide bonds. The first-order valence-electron chi connectivity index (χ1n) is 9.40. The minimum absolute atomic E-state index is 0.0414. The van der Waals surface area contributed by atoms with Gasteiger partial charge in [-0.05, 0) is 41.3 Å². The SMILES string of the molecule is COc1ccc(C(C(=O)N2CCNC(=O)C2c2ccc(F)cc2)C(C)C)cc1. The monoisotopic (exact) mass is 384 g/mol. The number of amides is 2. The van der Waals surface area contributed by atoms with Gasteiger partial charge in [-0.1, -0.05) is 38.1 Å². The molecular formula is C22H25FN2O3. The van der Waals surface area contributed by atoms with Crippen LogP contribution < -0.4 is 10.1 Å². The number of halogens is 1. The van der Waals surface area contributed by atoms with Crippen LogP contribution in [0.5, 0.6) is 5.75 Å². The van der Waals surface area contributed by atoms with Crippen LogP contribution in [0.4, 0.5) is 4.39 Å². The lowest BCUT2D eigenvalue weighted by Gasteiger charge is -2.38. The molecule has 6 heteroatoms. The second-order valence-corrected chi connectivity index (χ2v) is 7.27. The van der Waals surface area contributed by atoms with Gasteiger partial charge in [0.25, 0.3) is 0 Å². The van der Waals surface area contributed by atoms with Gasteiger partial charge in [-0.3, -0.25) is 9.59 Å². The van der Waals surface area contributed by atoms with E-state index >= 15 is 0 Å². The molecule has 1 aliphatic heterocycles. The number of hydrogen-bond donors (Lipinski definition) is 1. The summed E-state index contributed by atoms with van der Waals surface area (Å²) in [5, 5.41) is 2.81. The van der Waals surface area contributed by atoms with Crippen molar-refractivity contribution >= 4 is 11.8 Å². The van der Waals surface area contributed by atoms with Crippen LogP contribution in [-0.4, -0.2) is 36.9 Å². The van der Waals surface area contributed by atoms with Gasteiger partial charge < -0.3 is 15.0 Å². The normalized spacial score (nSPS) is 18.0. The van der Waals surface area contributed by atoms with Crippen molar-refractivity contribution in [1.82, 2.24) is 10.2 Å². The van der Waals surface area contributed by atoms with Gasteiger partial charge in [0.2, 0.25) is 11.8 Å². The molecule has 1 aliphatic rings. The Morgan fingerprint density at radius 2 is 1.79 bits per heavy atom. The molecule has 148 valence electrons. The van der Waals surface area contributed by atoms with Crippen molar-refractivity contribution in [3.63, 3.8) is 0 Å². The van der Waals surface area contributed by atoms with Gasteiger partial charge in [-0.2, -0.15) is 0 Å². The Morgan fingerprint density at radius 1 is 1.14 bits per heavy atom. The maximum Gasteiger partial charge on any atom is 0.247 e. The number of rotatable bonds is 5. The van der Waals surface area contributed by atoms with E-state index in [1.807, 2.05) is 38.1 Å². The van der Waals surface area contributed by atoms with Gasteiger partial charge in [0, 0.05) is 13.1 Å². The van der Waals surface area contributed by atoms with Gasteiger partial charge in [-0.15, -0.1) is 0 Å². The van der Waals surface area contributed by atoms with Crippen LogP contribution in [0.3, 0.4) is 0 Å². The van der Waals surface area contributed by atoms with E-state index in [0.29, 0.717) is 18.7 Å². The Balaban J connectivity index is 1.95. The van der Waals surface area contributed by atoms with Crippen LogP contribution in [0.15, 0.2) is 48.5 Å². The average molecular weight is 384 g/mol. The number of carbonyl (C=O) groups excluding carboxylic acids is 2. The Morgan fingerprint density at radius 3 is 2.36 bits per heavy atom. The molecule has 0 spiro atoms. The fourth-order valence-electron chi connectivity index (χ4n) is 3.68. The molecule has 0 bridgehead atoms. The molecule has 5 nitrogen and oxygen atoms in total. The van der Waals surface area contributed by atoms with Crippen molar-refractivity contribution in [2.24, 2.45) is 5.92 Å². The average Bonchev–Trinajstić information content (AvgIpc) is 2.69. The van der Waals surface area contributed by atoms with Crippen LogP contribution in [-0.2, 0) is 9.59 Å². The van der Waals surface area contributed by atoms with Crippen molar-refractivity contribution < 1.29 is 18.7 Å². The van der Waals surface area contributed by atoms with E-state index in [-0.39, 0.29) is 29.5 Å².